The molecular formula is C21H18ClN3O5S. The third-order valence-electron chi connectivity index (χ3n) is 4.52. The van der Waals surface area contributed by atoms with Gasteiger partial charge in [0.1, 0.15) is 0 Å². The Kier molecular flexibility index (Phi) is 6.28. The van der Waals surface area contributed by atoms with Gasteiger partial charge in [0.2, 0.25) is 0 Å². The summed E-state index contributed by atoms with van der Waals surface area (Å²) < 4.78 is 27.5. The maximum atomic E-state index is 12.6. The van der Waals surface area contributed by atoms with Crippen LogP contribution in [0.2, 0.25) is 5.02 Å². The van der Waals surface area contributed by atoms with Gasteiger partial charge in [-0.05, 0) is 67.9 Å². The number of nitrogens with zero attached hydrogens (tertiary/aromatic N) is 1. The molecule has 160 valence electrons. The van der Waals surface area contributed by atoms with E-state index in [-0.39, 0.29) is 22.2 Å². The second-order valence-electron chi connectivity index (χ2n) is 6.80. The van der Waals surface area contributed by atoms with Crippen LogP contribution < -0.4 is 10.0 Å². The van der Waals surface area contributed by atoms with E-state index in [1.807, 2.05) is 6.92 Å². The van der Waals surface area contributed by atoms with Crippen LogP contribution in [0.3, 0.4) is 0 Å². The Morgan fingerprint density at radius 2 is 1.65 bits per heavy atom. The molecular weight excluding hydrogens is 442 g/mol. The van der Waals surface area contributed by atoms with Gasteiger partial charge in [-0.2, -0.15) is 0 Å². The first-order valence-electron chi connectivity index (χ1n) is 9.02. The molecule has 0 aromatic heterocycles. The summed E-state index contributed by atoms with van der Waals surface area (Å²) in [4.78, 5) is 22.7. The molecule has 0 unspecified atom stereocenters. The molecule has 3 aromatic rings. The van der Waals surface area contributed by atoms with Crippen molar-refractivity contribution >= 4 is 44.6 Å². The fraction of sp³-hybridized carbons (Fsp3) is 0.0952. The Balaban J connectivity index is 1.76. The first-order valence-corrected chi connectivity index (χ1v) is 10.9. The fourth-order valence-corrected chi connectivity index (χ4v) is 4.12. The molecule has 31 heavy (non-hydrogen) atoms. The third-order valence-corrected chi connectivity index (χ3v) is 6.14. The lowest BCUT2D eigenvalue weighted by molar-refractivity contribution is -0.385. The van der Waals surface area contributed by atoms with Crippen LogP contribution in [0.4, 0.5) is 17.1 Å². The SMILES string of the molecule is Cc1cc(Cl)ccc1NC(=O)c1ccc(NS(=O)(=O)c2ccc(C)c([N+](=O)[O-])c2)cc1. The molecule has 3 rings (SSSR count). The average Bonchev–Trinajstić information content (AvgIpc) is 2.70. The predicted molar refractivity (Wildman–Crippen MR) is 119 cm³/mol. The van der Waals surface area contributed by atoms with E-state index in [4.69, 9.17) is 11.6 Å². The molecule has 0 saturated heterocycles. The van der Waals surface area contributed by atoms with Gasteiger partial charge < -0.3 is 5.32 Å². The monoisotopic (exact) mass is 459 g/mol. The molecule has 2 N–H and O–H groups in total. The average molecular weight is 460 g/mol. The van der Waals surface area contributed by atoms with Gasteiger partial charge >= 0.3 is 0 Å². The highest BCUT2D eigenvalue weighted by molar-refractivity contribution is 7.92. The fourth-order valence-electron chi connectivity index (χ4n) is 2.82. The Morgan fingerprint density at radius 3 is 2.26 bits per heavy atom. The van der Waals surface area contributed by atoms with Crippen molar-refractivity contribution in [3.05, 3.63) is 92.5 Å². The molecule has 0 aliphatic carbocycles. The number of sulfonamides is 1. The van der Waals surface area contributed by atoms with Crippen molar-refractivity contribution < 1.29 is 18.1 Å². The molecule has 0 aliphatic heterocycles. The van der Waals surface area contributed by atoms with Gasteiger partial charge in [0.15, 0.2) is 0 Å². The van der Waals surface area contributed by atoms with E-state index in [1.165, 1.54) is 43.3 Å². The number of nitrogens with one attached hydrogen (secondary N) is 2. The van der Waals surface area contributed by atoms with Crippen LogP contribution in [0.25, 0.3) is 0 Å². The second kappa shape index (κ2) is 8.75. The quantitative estimate of drug-likeness (QED) is 0.400. The lowest BCUT2D eigenvalue weighted by atomic mass is 10.1. The largest absolute Gasteiger partial charge is 0.322 e. The van der Waals surface area contributed by atoms with Crippen molar-refractivity contribution in [2.75, 3.05) is 10.0 Å². The van der Waals surface area contributed by atoms with Crippen LogP contribution in [0, 0.1) is 24.0 Å². The Labute approximate surface area is 184 Å². The molecule has 0 heterocycles. The van der Waals surface area contributed by atoms with Crippen molar-refractivity contribution in [1.29, 1.82) is 0 Å². The van der Waals surface area contributed by atoms with E-state index in [0.717, 1.165) is 11.6 Å². The molecule has 10 heteroatoms. The highest BCUT2D eigenvalue weighted by Gasteiger charge is 2.20. The van der Waals surface area contributed by atoms with Crippen molar-refractivity contribution in [1.82, 2.24) is 0 Å². The van der Waals surface area contributed by atoms with Crippen LogP contribution in [0.5, 0.6) is 0 Å². The zero-order chi connectivity index (χ0) is 22.8. The lowest BCUT2D eigenvalue weighted by Gasteiger charge is -2.11. The smallest absolute Gasteiger partial charge is 0.273 e. The van der Waals surface area contributed by atoms with Gasteiger partial charge in [-0.25, -0.2) is 8.42 Å². The number of halogens is 1. The molecule has 0 spiro atoms. The van der Waals surface area contributed by atoms with Crippen molar-refractivity contribution in [2.45, 2.75) is 18.7 Å². The van der Waals surface area contributed by atoms with Crippen LogP contribution in [0.1, 0.15) is 21.5 Å². The summed E-state index contributed by atoms with van der Waals surface area (Å²) in [5.74, 6) is -0.367. The van der Waals surface area contributed by atoms with Crippen molar-refractivity contribution in [3.8, 4) is 0 Å². The molecule has 0 saturated carbocycles. The van der Waals surface area contributed by atoms with Crippen LogP contribution in [-0.2, 0) is 10.0 Å². The number of nitro groups is 1. The minimum absolute atomic E-state index is 0.211. The Hall–Kier alpha value is -3.43. The minimum Gasteiger partial charge on any atom is -0.322 e. The Morgan fingerprint density at radius 1 is 0.968 bits per heavy atom. The molecule has 0 bridgehead atoms. The van der Waals surface area contributed by atoms with E-state index < -0.39 is 14.9 Å². The maximum absolute atomic E-state index is 12.6. The second-order valence-corrected chi connectivity index (χ2v) is 8.92. The number of benzene rings is 3. The predicted octanol–water partition coefficient (Wildman–Crippen LogP) is 4.92. The number of hydrogen-bond donors (Lipinski definition) is 2. The number of nitro benzene ring substituents is 1. The van der Waals surface area contributed by atoms with E-state index in [0.29, 0.717) is 21.8 Å². The van der Waals surface area contributed by atoms with Crippen LogP contribution >= 0.6 is 11.6 Å². The first kappa shape index (κ1) is 22.3. The molecule has 0 atom stereocenters. The van der Waals surface area contributed by atoms with Crippen molar-refractivity contribution in [2.24, 2.45) is 0 Å². The summed E-state index contributed by atoms with van der Waals surface area (Å²) in [5.41, 5.74) is 2.02. The summed E-state index contributed by atoms with van der Waals surface area (Å²) in [7, 11) is -4.04. The number of amides is 1. The van der Waals surface area contributed by atoms with Gasteiger partial charge in [-0.15, -0.1) is 0 Å². The van der Waals surface area contributed by atoms with Crippen molar-refractivity contribution in [3.63, 3.8) is 0 Å². The van der Waals surface area contributed by atoms with E-state index >= 15 is 0 Å². The van der Waals surface area contributed by atoms with E-state index in [1.54, 1.807) is 18.2 Å². The molecule has 0 aliphatic rings. The lowest BCUT2D eigenvalue weighted by Crippen LogP contribution is -2.15. The summed E-state index contributed by atoms with van der Waals surface area (Å²) in [6.45, 7) is 3.34. The molecule has 3 aromatic carbocycles. The highest BCUT2D eigenvalue weighted by Crippen LogP contribution is 2.24. The van der Waals surface area contributed by atoms with Gasteiger partial charge in [0.25, 0.3) is 21.6 Å². The number of carbonyl (C=O) groups is 1. The van der Waals surface area contributed by atoms with E-state index in [2.05, 4.69) is 10.0 Å². The summed E-state index contributed by atoms with van der Waals surface area (Å²) >= 11 is 5.91. The molecule has 0 fully saturated rings. The summed E-state index contributed by atoms with van der Waals surface area (Å²) in [5, 5.41) is 14.4. The topological polar surface area (TPSA) is 118 Å². The highest BCUT2D eigenvalue weighted by atomic mass is 35.5. The number of carbonyl (C=O) groups excluding carboxylic acids is 1. The summed E-state index contributed by atoms with van der Waals surface area (Å²) in [6.07, 6.45) is 0. The number of aryl methyl sites for hydroxylation is 2. The molecule has 1 amide bonds. The maximum Gasteiger partial charge on any atom is 0.273 e. The number of rotatable bonds is 6. The Bertz CT molecular complexity index is 1270. The van der Waals surface area contributed by atoms with Gasteiger partial charge in [-0.3, -0.25) is 19.6 Å². The number of anilines is 2. The van der Waals surface area contributed by atoms with E-state index in [9.17, 15) is 23.3 Å². The first-order chi connectivity index (χ1) is 14.6. The zero-order valence-corrected chi connectivity index (χ0v) is 18.1. The third kappa shape index (κ3) is 5.19. The van der Waals surface area contributed by atoms with Crippen LogP contribution in [-0.4, -0.2) is 19.2 Å². The summed E-state index contributed by atoms with van der Waals surface area (Å²) in [6, 6.07) is 14.6. The van der Waals surface area contributed by atoms with Gasteiger partial charge in [-0.1, -0.05) is 17.7 Å². The zero-order valence-electron chi connectivity index (χ0n) is 16.5. The van der Waals surface area contributed by atoms with Gasteiger partial charge in [0, 0.05) is 33.6 Å². The normalized spacial score (nSPS) is 11.1. The van der Waals surface area contributed by atoms with Crippen LogP contribution in [0.15, 0.2) is 65.6 Å². The molecule has 0 radical (unpaired) electrons. The standard InChI is InChI=1S/C21H18ClN3O5S/c1-13-3-9-18(12-20(13)25(27)28)31(29,30)24-17-7-4-15(5-8-17)21(26)23-19-10-6-16(22)11-14(19)2/h3-12,24H,1-2H3,(H,23,26). The molecule has 8 nitrogen and oxygen atoms in total. The minimum atomic E-state index is -4.04. The number of hydrogen-bond acceptors (Lipinski definition) is 5. The van der Waals surface area contributed by atoms with Gasteiger partial charge in [0.05, 0.1) is 9.82 Å².